The van der Waals surface area contributed by atoms with E-state index in [0.29, 0.717) is 5.88 Å². The highest BCUT2D eigenvalue weighted by Crippen LogP contribution is 2.27. The summed E-state index contributed by atoms with van der Waals surface area (Å²) < 4.78 is 0. The van der Waals surface area contributed by atoms with Gasteiger partial charge in [0.05, 0.1) is 17.8 Å². The van der Waals surface area contributed by atoms with E-state index in [0.717, 1.165) is 11.5 Å². The van der Waals surface area contributed by atoms with Crippen molar-refractivity contribution < 1.29 is 0 Å². The van der Waals surface area contributed by atoms with E-state index in [4.69, 9.17) is 11.6 Å². The summed E-state index contributed by atoms with van der Waals surface area (Å²) in [6.07, 6.45) is 1.85. The molecule has 0 amide bonds. The molecule has 1 heterocycles. The van der Waals surface area contributed by atoms with Crippen LogP contribution >= 0.6 is 11.6 Å². The number of imidazole rings is 1. The van der Waals surface area contributed by atoms with Crippen LogP contribution in [0.15, 0.2) is 18.3 Å². The van der Waals surface area contributed by atoms with Crippen molar-refractivity contribution in [2.75, 3.05) is 0 Å². The fourth-order valence-electron chi connectivity index (χ4n) is 2.16. The van der Waals surface area contributed by atoms with Crippen LogP contribution in [0.2, 0.25) is 0 Å². The summed E-state index contributed by atoms with van der Waals surface area (Å²) in [5.41, 5.74) is 6.10. The van der Waals surface area contributed by atoms with Crippen LogP contribution in [0.25, 0.3) is 11.3 Å². The number of nitrogens with one attached hydrogen (secondary N) is 1. The molecule has 3 heteroatoms. The van der Waals surface area contributed by atoms with Crippen molar-refractivity contribution in [3.63, 3.8) is 0 Å². The third kappa shape index (κ3) is 1.98. The monoisotopic (exact) mass is 234 g/mol. The average Bonchev–Trinajstić information content (AvgIpc) is 2.64. The Morgan fingerprint density at radius 2 is 1.81 bits per heavy atom. The van der Waals surface area contributed by atoms with Crippen molar-refractivity contribution >= 4 is 11.6 Å². The fourth-order valence-corrected chi connectivity index (χ4v) is 2.30. The van der Waals surface area contributed by atoms with E-state index in [1.807, 2.05) is 6.20 Å². The highest BCUT2D eigenvalue weighted by atomic mass is 35.5. The van der Waals surface area contributed by atoms with Gasteiger partial charge in [-0.15, -0.1) is 11.6 Å². The van der Waals surface area contributed by atoms with Crippen LogP contribution in [0.1, 0.15) is 22.5 Å². The minimum atomic E-state index is 0.421. The third-order valence-electron chi connectivity index (χ3n) is 2.70. The van der Waals surface area contributed by atoms with Gasteiger partial charge in [-0.3, -0.25) is 0 Å². The number of hydrogen-bond donors (Lipinski definition) is 1. The summed E-state index contributed by atoms with van der Waals surface area (Å²) in [6.45, 7) is 6.36. The van der Waals surface area contributed by atoms with Crippen LogP contribution < -0.4 is 0 Å². The molecular weight excluding hydrogens is 220 g/mol. The minimum absolute atomic E-state index is 0.421. The molecule has 0 radical (unpaired) electrons. The van der Waals surface area contributed by atoms with Gasteiger partial charge in [-0.05, 0) is 31.9 Å². The van der Waals surface area contributed by atoms with Gasteiger partial charge in [-0.25, -0.2) is 4.98 Å². The lowest BCUT2D eigenvalue weighted by Crippen LogP contribution is -1.90. The van der Waals surface area contributed by atoms with Gasteiger partial charge in [-0.2, -0.15) is 0 Å². The van der Waals surface area contributed by atoms with Crippen molar-refractivity contribution in [2.24, 2.45) is 0 Å². The zero-order valence-electron chi connectivity index (χ0n) is 9.76. The van der Waals surface area contributed by atoms with Crippen molar-refractivity contribution in [3.05, 3.63) is 40.8 Å². The molecule has 1 aromatic heterocycles. The molecule has 1 N–H and O–H groups in total. The maximum atomic E-state index is 5.74. The van der Waals surface area contributed by atoms with E-state index in [1.54, 1.807) is 0 Å². The van der Waals surface area contributed by atoms with Crippen molar-refractivity contribution in [1.29, 1.82) is 0 Å². The van der Waals surface area contributed by atoms with Crippen LogP contribution in [0.4, 0.5) is 0 Å². The number of benzene rings is 1. The number of alkyl halides is 1. The molecule has 0 saturated heterocycles. The Balaban J connectivity index is 2.55. The maximum absolute atomic E-state index is 5.74. The first kappa shape index (κ1) is 11.2. The summed E-state index contributed by atoms with van der Waals surface area (Å²) >= 11 is 5.74. The zero-order valence-corrected chi connectivity index (χ0v) is 10.5. The molecule has 0 bridgehead atoms. The molecule has 0 unspecified atom stereocenters. The van der Waals surface area contributed by atoms with E-state index in [2.05, 4.69) is 42.9 Å². The molecule has 0 fully saturated rings. The number of nitrogens with zero attached hydrogens (tertiary/aromatic N) is 1. The van der Waals surface area contributed by atoms with E-state index < -0.39 is 0 Å². The predicted octanol–water partition coefficient (Wildman–Crippen LogP) is 3.74. The lowest BCUT2D eigenvalue weighted by Gasteiger charge is -2.09. The molecule has 1 aromatic carbocycles. The van der Waals surface area contributed by atoms with Crippen molar-refractivity contribution in [3.8, 4) is 11.3 Å². The Morgan fingerprint density at radius 1 is 1.19 bits per heavy atom. The largest absolute Gasteiger partial charge is 0.341 e. The van der Waals surface area contributed by atoms with E-state index >= 15 is 0 Å². The topological polar surface area (TPSA) is 28.7 Å². The lowest BCUT2D eigenvalue weighted by molar-refractivity contribution is 1.11. The van der Waals surface area contributed by atoms with Crippen LogP contribution in [-0.4, -0.2) is 9.97 Å². The van der Waals surface area contributed by atoms with Gasteiger partial charge < -0.3 is 4.98 Å². The molecule has 0 aliphatic rings. The molecule has 2 nitrogen and oxygen atoms in total. The van der Waals surface area contributed by atoms with Gasteiger partial charge >= 0.3 is 0 Å². The highest BCUT2D eigenvalue weighted by molar-refractivity contribution is 6.16. The molecule has 84 valence electrons. The SMILES string of the molecule is Cc1cc(C)c(-c2cnc(CCl)[nH]2)c(C)c1. The van der Waals surface area contributed by atoms with E-state index in [9.17, 15) is 0 Å². The molecule has 0 saturated carbocycles. The Bertz CT molecular complexity index is 491. The number of aromatic amines is 1. The quantitative estimate of drug-likeness (QED) is 0.788. The summed E-state index contributed by atoms with van der Waals surface area (Å²) in [5, 5.41) is 0. The smallest absolute Gasteiger partial charge is 0.121 e. The second-order valence-electron chi connectivity index (χ2n) is 4.15. The predicted molar refractivity (Wildman–Crippen MR) is 67.8 cm³/mol. The van der Waals surface area contributed by atoms with Gasteiger partial charge in [0.25, 0.3) is 0 Å². The van der Waals surface area contributed by atoms with Crippen LogP contribution in [0.3, 0.4) is 0 Å². The van der Waals surface area contributed by atoms with Gasteiger partial charge in [0, 0.05) is 5.56 Å². The molecule has 2 rings (SSSR count). The number of rotatable bonds is 2. The van der Waals surface area contributed by atoms with Crippen molar-refractivity contribution in [2.45, 2.75) is 26.7 Å². The minimum Gasteiger partial charge on any atom is -0.341 e. The Morgan fingerprint density at radius 3 is 2.31 bits per heavy atom. The van der Waals surface area contributed by atoms with Crippen molar-refractivity contribution in [1.82, 2.24) is 9.97 Å². The molecule has 16 heavy (non-hydrogen) atoms. The van der Waals surface area contributed by atoms with E-state index in [-0.39, 0.29) is 0 Å². The first-order chi connectivity index (χ1) is 7.61. The summed E-state index contributed by atoms with van der Waals surface area (Å²) in [7, 11) is 0. The number of aryl methyl sites for hydroxylation is 3. The number of aromatic nitrogens is 2. The molecule has 2 aromatic rings. The van der Waals surface area contributed by atoms with Crippen LogP contribution in [-0.2, 0) is 5.88 Å². The third-order valence-corrected chi connectivity index (χ3v) is 2.95. The Kier molecular flexibility index (Phi) is 3.01. The number of hydrogen-bond acceptors (Lipinski definition) is 1. The fraction of sp³-hybridized carbons (Fsp3) is 0.308. The van der Waals surface area contributed by atoms with Gasteiger partial charge in [-0.1, -0.05) is 17.7 Å². The molecule has 0 aliphatic carbocycles. The maximum Gasteiger partial charge on any atom is 0.121 e. The summed E-state index contributed by atoms with van der Waals surface area (Å²) in [5.74, 6) is 1.24. The molecule has 0 aliphatic heterocycles. The van der Waals surface area contributed by atoms with Crippen LogP contribution in [0.5, 0.6) is 0 Å². The standard InChI is InChI=1S/C13H15ClN2/c1-8-4-9(2)13(10(3)5-8)11-7-15-12(6-14)16-11/h4-5,7H,6H2,1-3H3,(H,15,16). The lowest BCUT2D eigenvalue weighted by atomic mass is 9.98. The highest BCUT2D eigenvalue weighted by Gasteiger charge is 2.09. The van der Waals surface area contributed by atoms with Gasteiger partial charge in [0.2, 0.25) is 0 Å². The zero-order chi connectivity index (χ0) is 11.7. The van der Waals surface area contributed by atoms with Crippen LogP contribution in [0, 0.1) is 20.8 Å². The second-order valence-corrected chi connectivity index (χ2v) is 4.42. The molecule has 0 atom stereocenters. The van der Waals surface area contributed by atoms with Gasteiger partial charge in [0.15, 0.2) is 0 Å². The Hall–Kier alpha value is -1.28. The first-order valence-corrected chi connectivity index (χ1v) is 5.83. The summed E-state index contributed by atoms with van der Waals surface area (Å²) in [4.78, 5) is 7.47. The molecular formula is C13H15ClN2. The number of halogens is 1. The first-order valence-electron chi connectivity index (χ1n) is 5.30. The normalized spacial score (nSPS) is 10.8. The average molecular weight is 235 g/mol. The number of H-pyrrole nitrogens is 1. The molecule has 0 spiro atoms. The van der Waals surface area contributed by atoms with Gasteiger partial charge in [0.1, 0.15) is 5.82 Å². The van der Waals surface area contributed by atoms with E-state index in [1.165, 1.54) is 22.3 Å². The second kappa shape index (κ2) is 4.30. The summed E-state index contributed by atoms with van der Waals surface area (Å²) in [6, 6.07) is 4.37. The Labute approximate surface area is 101 Å².